The Morgan fingerprint density at radius 3 is 2.21 bits per heavy atom. The monoisotopic (exact) mass is 265 g/mol. The summed E-state index contributed by atoms with van der Waals surface area (Å²) in [6.45, 7) is 5.18. The van der Waals surface area contributed by atoms with Crippen LogP contribution in [0.4, 0.5) is 10.1 Å². The maximum absolute atomic E-state index is 12.9. The topological polar surface area (TPSA) is 12.0 Å². The van der Waals surface area contributed by atoms with Crippen molar-refractivity contribution in [2.75, 3.05) is 11.9 Å². The van der Waals surface area contributed by atoms with E-state index in [1.165, 1.54) is 57.4 Å². The van der Waals surface area contributed by atoms with Crippen LogP contribution in [0.5, 0.6) is 0 Å². The zero-order valence-electron chi connectivity index (χ0n) is 12.5. The van der Waals surface area contributed by atoms with Gasteiger partial charge in [-0.05, 0) is 37.1 Å². The van der Waals surface area contributed by atoms with Gasteiger partial charge in [0, 0.05) is 12.2 Å². The first-order valence-electron chi connectivity index (χ1n) is 7.74. The molecule has 1 rings (SSSR count). The van der Waals surface area contributed by atoms with Gasteiger partial charge in [0.2, 0.25) is 0 Å². The van der Waals surface area contributed by atoms with Crippen molar-refractivity contribution in [2.24, 2.45) is 0 Å². The minimum atomic E-state index is -0.157. The lowest BCUT2D eigenvalue weighted by Gasteiger charge is -2.09. The van der Waals surface area contributed by atoms with E-state index in [9.17, 15) is 4.39 Å². The molecule has 0 aliphatic carbocycles. The van der Waals surface area contributed by atoms with E-state index in [1.54, 1.807) is 6.07 Å². The van der Waals surface area contributed by atoms with Crippen LogP contribution in [0.25, 0.3) is 0 Å². The minimum Gasteiger partial charge on any atom is -0.385 e. The van der Waals surface area contributed by atoms with Crippen LogP contribution in [0.2, 0.25) is 0 Å². The maximum atomic E-state index is 12.9. The van der Waals surface area contributed by atoms with Gasteiger partial charge >= 0.3 is 0 Å². The predicted octanol–water partition coefficient (Wildman–Crippen LogP) is 5.69. The Balaban J connectivity index is 2.01. The molecule has 1 nitrogen and oxygen atoms in total. The molecule has 0 fully saturated rings. The molecule has 0 saturated carbocycles. The van der Waals surface area contributed by atoms with Crippen LogP contribution in [0.15, 0.2) is 18.2 Å². The molecule has 19 heavy (non-hydrogen) atoms. The Morgan fingerprint density at radius 1 is 0.947 bits per heavy atom. The number of hydrogen-bond acceptors (Lipinski definition) is 1. The van der Waals surface area contributed by atoms with Gasteiger partial charge in [-0.25, -0.2) is 4.39 Å². The molecule has 0 bridgehead atoms. The Kier molecular flexibility index (Phi) is 8.28. The molecular weight excluding hydrogens is 237 g/mol. The van der Waals surface area contributed by atoms with Crippen molar-refractivity contribution in [3.8, 4) is 0 Å². The van der Waals surface area contributed by atoms with Crippen molar-refractivity contribution in [1.29, 1.82) is 0 Å². The van der Waals surface area contributed by atoms with E-state index in [0.29, 0.717) is 0 Å². The highest BCUT2D eigenvalue weighted by atomic mass is 19.1. The first-order chi connectivity index (χ1) is 9.24. The molecule has 0 unspecified atom stereocenters. The van der Waals surface area contributed by atoms with E-state index in [2.05, 4.69) is 12.2 Å². The van der Waals surface area contributed by atoms with Crippen molar-refractivity contribution in [3.05, 3.63) is 29.6 Å². The second-order valence-electron chi connectivity index (χ2n) is 5.36. The van der Waals surface area contributed by atoms with Gasteiger partial charge < -0.3 is 5.32 Å². The molecule has 108 valence electrons. The van der Waals surface area contributed by atoms with E-state index < -0.39 is 0 Å². The Morgan fingerprint density at radius 2 is 1.58 bits per heavy atom. The van der Waals surface area contributed by atoms with Gasteiger partial charge in [0.05, 0.1) is 0 Å². The van der Waals surface area contributed by atoms with Crippen LogP contribution in [0, 0.1) is 12.7 Å². The second kappa shape index (κ2) is 9.82. The third-order valence-electron chi connectivity index (χ3n) is 3.53. The maximum Gasteiger partial charge on any atom is 0.123 e. The molecule has 0 aliphatic rings. The highest BCUT2D eigenvalue weighted by Gasteiger charge is 1.98. The summed E-state index contributed by atoms with van der Waals surface area (Å²) in [6.07, 6.45) is 10.7. The Hall–Kier alpha value is -1.05. The highest BCUT2D eigenvalue weighted by Crippen LogP contribution is 2.16. The molecule has 0 atom stereocenters. The van der Waals surface area contributed by atoms with Gasteiger partial charge in [0.1, 0.15) is 5.82 Å². The molecule has 1 N–H and O–H groups in total. The fourth-order valence-corrected chi connectivity index (χ4v) is 2.31. The van der Waals surface area contributed by atoms with Gasteiger partial charge in [-0.1, -0.05) is 51.9 Å². The standard InChI is InChI=1S/C17H28FN/c1-3-4-5-6-7-8-9-10-13-19-17-12-11-16(18)14-15(17)2/h11-12,14,19H,3-10,13H2,1-2H3. The summed E-state index contributed by atoms with van der Waals surface area (Å²) in [5, 5.41) is 3.38. The van der Waals surface area contributed by atoms with Gasteiger partial charge in [-0.2, -0.15) is 0 Å². The summed E-state index contributed by atoms with van der Waals surface area (Å²) in [5.41, 5.74) is 2.05. The number of anilines is 1. The number of hydrogen-bond donors (Lipinski definition) is 1. The Bertz CT molecular complexity index is 349. The number of unbranched alkanes of at least 4 members (excludes halogenated alkanes) is 7. The van der Waals surface area contributed by atoms with E-state index in [1.807, 2.05) is 13.0 Å². The summed E-state index contributed by atoms with van der Waals surface area (Å²) >= 11 is 0. The number of rotatable bonds is 10. The fraction of sp³-hybridized carbons (Fsp3) is 0.647. The van der Waals surface area contributed by atoms with Crippen LogP contribution >= 0.6 is 0 Å². The highest BCUT2D eigenvalue weighted by molar-refractivity contribution is 5.50. The third kappa shape index (κ3) is 7.19. The quantitative estimate of drug-likeness (QED) is 0.536. The number of benzene rings is 1. The SMILES string of the molecule is CCCCCCCCCCNc1ccc(F)cc1C. The van der Waals surface area contributed by atoms with Gasteiger partial charge in [0.15, 0.2) is 0 Å². The smallest absolute Gasteiger partial charge is 0.123 e. The van der Waals surface area contributed by atoms with Crippen LogP contribution in [-0.2, 0) is 0 Å². The summed E-state index contributed by atoms with van der Waals surface area (Å²) in [5.74, 6) is -0.157. The third-order valence-corrected chi connectivity index (χ3v) is 3.53. The normalized spacial score (nSPS) is 10.7. The van der Waals surface area contributed by atoms with Crippen LogP contribution < -0.4 is 5.32 Å². The predicted molar refractivity (Wildman–Crippen MR) is 82.2 cm³/mol. The average molecular weight is 265 g/mol. The molecule has 2 heteroatoms. The summed E-state index contributed by atoms with van der Waals surface area (Å²) < 4.78 is 12.9. The number of halogens is 1. The molecule has 0 aliphatic heterocycles. The molecule has 0 amide bonds. The van der Waals surface area contributed by atoms with Crippen molar-refractivity contribution >= 4 is 5.69 Å². The Labute approximate surface area is 117 Å². The molecule has 0 spiro atoms. The largest absolute Gasteiger partial charge is 0.385 e. The lowest BCUT2D eigenvalue weighted by molar-refractivity contribution is 0.581. The number of aryl methyl sites for hydroxylation is 1. The lowest BCUT2D eigenvalue weighted by Crippen LogP contribution is -2.03. The van der Waals surface area contributed by atoms with Crippen molar-refractivity contribution in [1.82, 2.24) is 0 Å². The fourth-order valence-electron chi connectivity index (χ4n) is 2.31. The van der Waals surface area contributed by atoms with Gasteiger partial charge in [-0.3, -0.25) is 0 Å². The lowest BCUT2D eigenvalue weighted by atomic mass is 10.1. The molecular formula is C17H28FN. The van der Waals surface area contributed by atoms with Crippen LogP contribution in [-0.4, -0.2) is 6.54 Å². The second-order valence-corrected chi connectivity index (χ2v) is 5.36. The van der Waals surface area contributed by atoms with Gasteiger partial charge in [0.25, 0.3) is 0 Å². The van der Waals surface area contributed by atoms with Crippen molar-refractivity contribution in [3.63, 3.8) is 0 Å². The molecule has 1 aromatic carbocycles. The van der Waals surface area contributed by atoms with Crippen LogP contribution in [0.1, 0.15) is 63.9 Å². The summed E-state index contributed by atoms with van der Waals surface area (Å²) in [4.78, 5) is 0. The first-order valence-corrected chi connectivity index (χ1v) is 7.74. The van der Waals surface area contributed by atoms with Crippen molar-refractivity contribution < 1.29 is 4.39 Å². The average Bonchev–Trinajstić information content (AvgIpc) is 2.39. The van der Waals surface area contributed by atoms with E-state index in [0.717, 1.165) is 17.8 Å². The van der Waals surface area contributed by atoms with E-state index in [4.69, 9.17) is 0 Å². The summed E-state index contributed by atoms with van der Waals surface area (Å²) in [7, 11) is 0. The van der Waals surface area contributed by atoms with E-state index >= 15 is 0 Å². The zero-order chi connectivity index (χ0) is 13.9. The van der Waals surface area contributed by atoms with E-state index in [-0.39, 0.29) is 5.82 Å². The zero-order valence-corrected chi connectivity index (χ0v) is 12.5. The molecule has 0 aromatic heterocycles. The molecule has 0 heterocycles. The van der Waals surface area contributed by atoms with Crippen LogP contribution in [0.3, 0.4) is 0 Å². The van der Waals surface area contributed by atoms with Crippen molar-refractivity contribution in [2.45, 2.75) is 65.2 Å². The number of nitrogens with one attached hydrogen (secondary N) is 1. The minimum absolute atomic E-state index is 0.157. The molecule has 0 saturated heterocycles. The van der Waals surface area contributed by atoms with Gasteiger partial charge in [-0.15, -0.1) is 0 Å². The summed E-state index contributed by atoms with van der Waals surface area (Å²) in [6, 6.07) is 4.93. The molecule has 1 aromatic rings. The molecule has 0 radical (unpaired) electrons. The first kappa shape index (κ1) is 16.0.